The molecule has 0 atom stereocenters. The molecule has 0 aliphatic heterocycles. The maximum atomic E-state index is 5.81. The first kappa shape index (κ1) is 11.5. The van der Waals surface area contributed by atoms with Gasteiger partial charge in [0.25, 0.3) is 0 Å². The van der Waals surface area contributed by atoms with Crippen molar-refractivity contribution in [3.8, 4) is 11.6 Å². The number of hydrogen-bond acceptors (Lipinski definition) is 3. The van der Waals surface area contributed by atoms with Crippen LogP contribution in [-0.4, -0.2) is 10.2 Å². The first-order chi connectivity index (χ1) is 8.74. The fraction of sp³-hybridized carbons (Fsp3) is 0.286. The Labute approximate surface area is 111 Å². The normalized spacial score (nSPS) is 14.6. The molecule has 1 aromatic carbocycles. The van der Waals surface area contributed by atoms with Gasteiger partial charge in [-0.2, -0.15) is 0 Å². The van der Waals surface area contributed by atoms with E-state index in [1.165, 1.54) is 18.4 Å². The van der Waals surface area contributed by atoms with E-state index in [2.05, 4.69) is 28.4 Å². The first-order valence-electron chi connectivity index (χ1n) is 5.92. The predicted molar refractivity (Wildman–Crippen MR) is 69.1 cm³/mol. The van der Waals surface area contributed by atoms with Crippen LogP contribution in [0.1, 0.15) is 29.9 Å². The fourth-order valence-electron chi connectivity index (χ4n) is 1.95. The van der Waals surface area contributed by atoms with Gasteiger partial charge in [0.15, 0.2) is 5.15 Å². The van der Waals surface area contributed by atoms with Gasteiger partial charge in [-0.25, -0.2) is 0 Å². The lowest BCUT2D eigenvalue weighted by Crippen LogP contribution is -1.96. The highest BCUT2D eigenvalue weighted by Crippen LogP contribution is 2.46. The van der Waals surface area contributed by atoms with Crippen molar-refractivity contribution in [3.63, 3.8) is 0 Å². The molecule has 0 spiro atoms. The number of ether oxygens (including phenoxy) is 1. The molecule has 1 fully saturated rings. The molecule has 0 saturated heterocycles. The van der Waals surface area contributed by atoms with E-state index in [1.54, 1.807) is 6.07 Å². The quantitative estimate of drug-likeness (QED) is 0.838. The number of nitrogens with zero attached hydrogens (tertiary/aromatic N) is 2. The maximum Gasteiger partial charge on any atom is 0.247 e. The molecule has 1 aliphatic rings. The van der Waals surface area contributed by atoms with Crippen LogP contribution in [0.5, 0.6) is 11.6 Å². The maximum absolute atomic E-state index is 5.81. The molecule has 0 amide bonds. The van der Waals surface area contributed by atoms with E-state index < -0.39 is 0 Å². The number of aryl methyl sites for hydroxylation is 1. The Hall–Kier alpha value is -1.61. The molecule has 0 unspecified atom stereocenters. The van der Waals surface area contributed by atoms with Crippen LogP contribution in [0.4, 0.5) is 0 Å². The SMILES string of the molecule is Cc1cccc(C2CC2)c1Oc1[c]cc(Cl)nn1. The van der Waals surface area contributed by atoms with Crippen LogP contribution in [0.3, 0.4) is 0 Å². The summed E-state index contributed by atoms with van der Waals surface area (Å²) in [7, 11) is 0. The Morgan fingerprint density at radius 1 is 1.33 bits per heavy atom. The van der Waals surface area contributed by atoms with Crippen molar-refractivity contribution in [1.29, 1.82) is 0 Å². The van der Waals surface area contributed by atoms with E-state index in [4.69, 9.17) is 16.3 Å². The molecule has 91 valence electrons. The predicted octanol–water partition coefficient (Wildman–Crippen LogP) is 3.91. The van der Waals surface area contributed by atoms with Gasteiger partial charge >= 0.3 is 0 Å². The molecule has 2 aromatic rings. The van der Waals surface area contributed by atoms with Gasteiger partial charge < -0.3 is 4.74 Å². The van der Waals surface area contributed by atoms with Crippen molar-refractivity contribution in [2.75, 3.05) is 0 Å². The third-order valence-corrected chi connectivity index (χ3v) is 3.19. The van der Waals surface area contributed by atoms with E-state index in [-0.39, 0.29) is 0 Å². The van der Waals surface area contributed by atoms with Crippen molar-refractivity contribution < 1.29 is 4.74 Å². The lowest BCUT2D eigenvalue weighted by atomic mass is 10.1. The largest absolute Gasteiger partial charge is 0.436 e. The Morgan fingerprint density at radius 3 is 2.83 bits per heavy atom. The summed E-state index contributed by atoms with van der Waals surface area (Å²) in [4.78, 5) is 0. The fourth-order valence-corrected chi connectivity index (χ4v) is 2.04. The van der Waals surface area contributed by atoms with Crippen LogP contribution < -0.4 is 4.74 Å². The number of hydrogen-bond donors (Lipinski definition) is 0. The van der Waals surface area contributed by atoms with Crippen LogP contribution in [0, 0.1) is 13.0 Å². The Morgan fingerprint density at radius 2 is 2.17 bits per heavy atom. The van der Waals surface area contributed by atoms with Crippen LogP contribution >= 0.6 is 11.6 Å². The van der Waals surface area contributed by atoms with Gasteiger partial charge in [0.2, 0.25) is 5.88 Å². The first-order valence-corrected chi connectivity index (χ1v) is 6.30. The smallest absolute Gasteiger partial charge is 0.247 e. The number of rotatable bonds is 3. The third-order valence-electron chi connectivity index (χ3n) is 3.01. The highest BCUT2D eigenvalue weighted by atomic mass is 35.5. The second kappa shape index (κ2) is 4.58. The summed E-state index contributed by atoms with van der Waals surface area (Å²) in [5, 5.41) is 7.94. The molecule has 18 heavy (non-hydrogen) atoms. The van der Waals surface area contributed by atoms with Gasteiger partial charge in [-0.1, -0.05) is 29.8 Å². The van der Waals surface area contributed by atoms with Crippen LogP contribution in [0.2, 0.25) is 5.15 Å². The van der Waals surface area contributed by atoms with E-state index in [0.29, 0.717) is 17.0 Å². The number of benzene rings is 1. The summed E-state index contributed by atoms with van der Waals surface area (Å²) in [5.41, 5.74) is 2.35. The average molecular weight is 260 g/mol. The van der Waals surface area contributed by atoms with Gasteiger partial charge in [0, 0.05) is 0 Å². The van der Waals surface area contributed by atoms with Crippen molar-refractivity contribution >= 4 is 11.6 Å². The third kappa shape index (κ3) is 2.31. The molecule has 3 rings (SSSR count). The molecular formula is C14H12ClN2O. The molecule has 4 heteroatoms. The lowest BCUT2D eigenvalue weighted by molar-refractivity contribution is 0.445. The lowest BCUT2D eigenvalue weighted by Gasteiger charge is -2.12. The second-order valence-electron chi connectivity index (χ2n) is 4.49. The van der Waals surface area contributed by atoms with Gasteiger partial charge in [0.1, 0.15) is 5.75 Å². The van der Waals surface area contributed by atoms with Gasteiger partial charge in [-0.05, 0) is 42.9 Å². The van der Waals surface area contributed by atoms with Crippen molar-refractivity contribution in [2.24, 2.45) is 0 Å². The Kier molecular flexibility index (Phi) is 2.92. The molecule has 1 heterocycles. The highest BCUT2D eigenvalue weighted by Gasteiger charge is 2.27. The molecule has 1 aliphatic carbocycles. The number of halogens is 1. The standard InChI is InChI=1S/C14H12ClN2O/c1-9-3-2-4-11(10-5-6-10)14(9)18-13-8-7-12(15)16-17-13/h2-4,7,10H,5-6H2,1H3. The molecule has 3 nitrogen and oxygen atoms in total. The minimum atomic E-state index is 0.314. The highest BCUT2D eigenvalue weighted by molar-refractivity contribution is 6.29. The van der Waals surface area contributed by atoms with Crippen molar-refractivity contribution in [3.05, 3.63) is 46.6 Å². The molecule has 0 N–H and O–H groups in total. The Bertz CT molecular complexity index is 565. The number of aromatic nitrogens is 2. The van der Waals surface area contributed by atoms with Gasteiger partial charge in [-0.15, -0.1) is 10.2 Å². The van der Waals surface area contributed by atoms with Crippen molar-refractivity contribution in [1.82, 2.24) is 10.2 Å². The van der Waals surface area contributed by atoms with Crippen LogP contribution in [-0.2, 0) is 0 Å². The molecule has 1 saturated carbocycles. The summed E-state index contributed by atoms with van der Waals surface area (Å²) in [6.45, 7) is 2.03. The molecular weight excluding hydrogens is 248 g/mol. The van der Waals surface area contributed by atoms with Crippen LogP contribution in [0.25, 0.3) is 0 Å². The van der Waals surface area contributed by atoms with E-state index in [1.807, 2.05) is 13.0 Å². The minimum absolute atomic E-state index is 0.314. The van der Waals surface area contributed by atoms with E-state index >= 15 is 0 Å². The van der Waals surface area contributed by atoms with Crippen LogP contribution in [0.15, 0.2) is 24.3 Å². The topological polar surface area (TPSA) is 35.0 Å². The Balaban J connectivity index is 1.94. The summed E-state index contributed by atoms with van der Waals surface area (Å²) in [6.07, 6.45) is 2.46. The molecule has 1 radical (unpaired) electrons. The zero-order valence-corrected chi connectivity index (χ0v) is 10.7. The summed E-state index contributed by atoms with van der Waals surface area (Å²) >= 11 is 5.68. The van der Waals surface area contributed by atoms with Gasteiger partial charge in [0.05, 0.1) is 6.07 Å². The second-order valence-corrected chi connectivity index (χ2v) is 4.87. The molecule has 1 aromatic heterocycles. The minimum Gasteiger partial charge on any atom is -0.436 e. The molecule has 0 bridgehead atoms. The summed E-state index contributed by atoms with van der Waals surface area (Å²) in [6, 6.07) is 10.6. The number of para-hydroxylation sites is 1. The zero-order valence-electron chi connectivity index (χ0n) is 9.98. The van der Waals surface area contributed by atoms with E-state index in [0.717, 1.165) is 11.3 Å². The van der Waals surface area contributed by atoms with Crippen molar-refractivity contribution in [2.45, 2.75) is 25.7 Å². The monoisotopic (exact) mass is 259 g/mol. The van der Waals surface area contributed by atoms with Gasteiger partial charge in [-0.3, -0.25) is 0 Å². The van der Waals surface area contributed by atoms with E-state index in [9.17, 15) is 0 Å². The summed E-state index contributed by atoms with van der Waals surface area (Å²) < 4.78 is 5.81. The summed E-state index contributed by atoms with van der Waals surface area (Å²) in [5.74, 6) is 1.86. The zero-order chi connectivity index (χ0) is 12.5. The average Bonchev–Trinajstić information content (AvgIpc) is 3.18.